The van der Waals surface area contributed by atoms with Gasteiger partial charge in [0.15, 0.2) is 10.9 Å². The number of nitrogens with zero attached hydrogens (tertiary/aromatic N) is 7. The number of nitrogens with one attached hydrogen (secondary N) is 1. The fourth-order valence-corrected chi connectivity index (χ4v) is 4.74. The fraction of sp³-hybridized carbons (Fsp3) is 0.174. The molecule has 5 rings (SSSR count). The summed E-state index contributed by atoms with van der Waals surface area (Å²) < 4.78 is 44.6. The number of hydrogen-bond acceptors (Lipinski definition) is 9. The number of ether oxygens (including phenoxy) is 1. The molecule has 0 saturated carbocycles. The number of thiazole rings is 1. The lowest BCUT2D eigenvalue weighted by Crippen LogP contribution is -2.14. The van der Waals surface area contributed by atoms with Crippen LogP contribution in [0, 0.1) is 19.7 Å². The van der Waals surface area contributed by atoms with Crippen molar-refractivity contribution in [1.82, 2.24) is 34.9 Å². The summed E-state index contributed by atoms with van der Waals surface area (Å²) in [5.41, 5.74) is 2.42. The molecule has 0 aromatic carbocycles. The van der Waals surface area contributed by atoms with E-state index in [0.29, 0.717) is 22.6 Å². The number of anilines is 1. The van der Waals surface area contributed by atoms with E-state index in [9.17, 15) is 4.79 Å². The molecule has 0 saturated heterocycles. The summed E-state index contributed by atoms with van der Waals surface area (Å²) >= 11 is 7.02. The first-order valence-corrected chi connectivity index (χ1v) is 11.6. The number of aromatic nitrogens is 7. The maximum atomic E-state index is 15.5. The second-order valence-electron chi connectivity index (χ2n) is 7.73. The van der Waals surface area contributed by atoms with E-state index in [-0.39, 0.29) is 43.1 Å². The smallest absolute Gasteiger partial charge is 0.259 e. The Kier molecular flexibility index (Phi) is 5.16. The van der Waals surface area contributed by atoms with Crippen LogP contribution >= 0.6 is 22.9 Å². The minimum absolute atomic E-state index is 0.0625. The van der Waals surface area contributed by atoms with E-state index >= 15 is 4.39 Å². The van der Waals surface area contributed by atoms with Crippen molar-refractivity contribution < 1.29 is 18.0 Å². The first kappa shape index (κ1) is 20.2. The molecule has 0 spiro atoms. The van der Waals surface area contributed by atoms with Crippen LogP contribution in [-0.4, -0.2) is 47.9 Å². The number of fused-ring (bicyclic) bond motifs is 1. The van der Waals surface area contributed by atoms with E-state index in [1.807, 2.05) is 0 Å². The molecular formula is C23H18ClFN8O2S. The number of rotatable bonds is 5. The van der Waals surface area contributed by atoms with Crippen molar-refractivity contribution in [2.24, 2.45) is 7.05 Å². The van der Waals surface area contributed by atoms with Crippen LogP contribution < -0.4 is 10.1 Å². The van der Waals surface area contributed by atoms with Gasteiger partial charge in [0.25, 0.3) is 5.91 Å². The van der Waals surface area contributed by atoms with Gasteiger partial charge in [-0.05, 0) is 26.0 Å². The number of pyridine rings is 3. The van der Waals surface area contributed by atoms with Crippen molar-refractivity contribution in [3.8, 4) is 28.3 Å². The Balaban J connectivity index is 1.53. The second kappa shape index (κ2) is 9.21. The third kappa shape index (κ3) is 4.14. The van der Waals surface area contributed by atoms with Gasteiger partial charge in [0, 0.05) is 30.1 Å². The van der Waals surface area contributed by atoms with Gasteiger partial charge in [-0.2, -0.15) is 0 Å². The van der Waals surface area contributed by atoms with Crippen LogP contribution in [0.5, 0.6) is 5.75 Å². The van der Waals surface area contributed by atoms with Crippen LogP contribution in [0.2, 0.25) is 5.15 Å². The molecule has 0 aliphatic rings. The Labute approximate surface area is 217 Å². The van der Waals surface area contributed by atoms with E-state index in [0.717, 1.165) is 11.3 Å². The predicted molar refractivity (Wildman–Crippen MR) is 134 cm³/mol. The lowest BCUT2D eigenvalue weighted by molar-refractivity contribution is 0.102. The molecule has 10 nitrogen and oxygen atoms in total. The van der Waals surface area contributed by atoms with Crippen molar-refractivity contribution in [3.63, 3.8) is 0 Å². The maximum Gasteiger partial charge on any atom is 0.259 e. The summed E-state index contributed by atoms with van der Waals surface area (Å²) in [4.78, 5) is 30.0. The van der Waals surface area contributed by atoms with E-state index < -0.39 is 18.8 Å². The van der Waals surface area contributed by atoms with Crippen LogP contribution in [0.25, 0.3) is 32.7 Å². The zero-order valence-electron chi connectivity index (χ0n) is 22.0. The summed E-state index contributed by atoms with van der Waals surface area (Å²) in [6.07, 6.45) is 3.91. The number of carbonyl (C=O) groups excluding carboxylic acids is 1. The Hall–Kier alpha value is -4.03. The minimum atomic E-state index is -2.77. The van der Waals surface area contributed by atoms with Crippen molar-refractivity contribution in [2.75, 3.05) is 12.4 Å². The monoisotopic (exact) mass is 527 g/mol. The van der Waals surface area contributed by atoms with Crippen LogP contribution in [0.15, 0.2) is 30.7 Å². The topological polar surface area (TPSA) is 121 Å². The summed E-state index contributed by atoms with van der Waals surface area (Å²) in [6, 6.07) is 2.98. The summed E-state index contributed by atoms with van der Waals surface area (Å²) in [5.74, 6) is -1.33. The number of methoxy groups -OCH3 is 1. The molecular weight excluding hydrogens is 507 g/mol. The molecule has 0 radical (unpaired) electrons. The highest BCUT2D eigenvalue weighted by molar-refractivity contribution is 7.22. The highest BCUT2D eigenvalue weighted by Gasteiger charge is 2.22. The van der Waals surface area contributed by atoms with Crippen molar-refractivity contribution >= 4 is 44.2 Å². The van der Waals surface area contributed by atoms with Crippen LogP contribution in [0.1, 0.15) is 25.9 Å². The van der Waals surface area contributed by atoms with Gasteiger partial charge >= 0.3 is 0 Å². The summed E-state index contributed by atoms with van der Waals surface area (Å²) in [5, 5.41) is 10.7. The van der Waals surface area contributed by atoms with Gasteiger partial charge in [0.05, 0.1) is 39.5 Å². The molecule has 0 aliphatic heterocycles. The molecule has 0 aliphatic carbocycles. The van der Waals surface area contributed by atoms with Crippen LogP contribution in [0.4, 0.5) is 9.52 Å². The number of hydrogen-bond donors (Lipinski definition) is 1. The van der Waals surface area contributed by atoms with E-state index in [1.54, 1.807) is 27.0 Å². The highest BCUT2D eigenvalue weighted by atomic mass is 35.5. The first-order chi connectivity index (χ1) is 18.4. The Morgan fingerprint density at radius 3 is 2.78 bits per heavy atom. The third-order valence-corrected chi connectivity index (χ3v) is 6.52. The van der Waals surface area contributed by atoms with Gasteiger partial charge < -0.3 is 4.74 Å². The van der Waals surface area contributed by atoms with Crippen molar-refractivity contribution in [1.29, 1.82) is 0 Å². The van der Waals surface area contributed by atoms with E-state index in [1.165, 1.54) is 29.3 Å². The highest BCUT2D eigenvalue weighted by Crippen LogP contribution is 2.36. The zero-order valence-corrected chi connectivity index (χ0v) is 20.6. The van der Waals surface area contributed by atoms with Gasteiger partial charge in [-0.15, -0.1) is 5.10 Å². The third-order valence-electron chi connectivity index (χ3n) is 5.34. The SMILES string of the molecule is [2H]C([2H])([2H])Oc1cnc(Cl)cc1-c1cc(C)ncc1C(=O)Nc1nc2cnc(-c3c(C)nnn3C)c(F)c2s1. The largest absolute Gasteiger partial charge is 0.494 e. The number of halogens is 2. The molecule has 0 fully saturated rings. The van der Waals surface area contributed by atoms with Gasteiger partial charge in [-0.25, -0.2) is 24.0 Å². The zero-order chi connectivity index (χ0) is 28.1. The molecule has 0 unspecified atom stereocenters. The van der Waals surface area contributed by atoms with Crippen LogP contribution in [-0.2, 0) is 7.05 Å². The van der Waals surface area contributed by atoms with Gasteiger partial charge in [-0.3, -0.25) is 15.1 Å². The van der Waals surface area contributed by atoms with Gasteiger partial charge in [0.2, 0.25) is 0 Å². The second-order valence-corrected chi connectivity index (χ2v) is 9.12. The molecule has 1 N–H and O–H groups in total. The molecule has 13 heteroatoms. The Morgan fingerprint density at radius 2 is 2.03 bits per heavy atom. The lowest BCUT2D eigenvalue weighted by atomic mass is 10.0. The average Bonchev–Trinajstić information content (AvgIpc) is 3.42. The minimum Gasteiger partial charge on any atom is -0.494 e. The van der Waals surface area contributed by atoms with Crippen molar-refractivity contribution in [2.45, 2.75) is 13.8 Å². The molecule has 5 aromatic heterocycles. The Bertz CT molecular complexity index is 1740. The lowest BCUT2D eigenvalue weighted by Gasteiger charge is -2.13. The Morgan fingerprint density at radius 1 is 1.19 bits per heavy atom. The predicted octanol–water partition coefficient (Wildman–Crippen LogP) is 4.61. The standard InChI is InChI=1S/C23H18ClFN8O2S/c1-10-5-12(13-6-17(24)27-9-16(13)35-4)14(7-26-10)22(34)30-23-29-15-8-28-19(18(25)21(15)36-23)20-11(2)31-32-33(20)3/h5-9H,1-4H3,(H,29,30,34)/i4D3. The molecule has 182 valence electrons. The molecule has 5 heterocycles. The summed E-state index contributed by atoms with van der Waals surface area (Å²) in [6.45, 7) is 3.41. The van der Waals surface area contributed by atoms with Crippen molar-refractivity contribution in [3.05, 3.63) is 58.6 Å². The molecule has 0 atom stereocenters. The number of carbonyl (C=O) groups is 1. The number of aryl methyl sites for hydroxylation is 3. The van der Waals surface area contributed by atoms with Gasteiger partial charge in [-0.1, -0.05) is 28.2 Å². The fourth-order valence-electron chi connectivity index (χ4n) is 3.71. The number of amides is 1. The normalized spacial score (nSPS) is 12.8. The molecule has 1 amide bonds. The molecule has 0 bridgehead atoms. The van der Waals surface area contributed by atoms with E-state index in [4.69, 9.17) is 20.5 Å². The van der Waals surface area contributed by atoms with Gasteiger partial charge in [0.1, 0.15) is 27.8 Å². The molecule has 5 aromatic rings. The summed E-state index contributed by atoms with van der Waals surface area (Å²) in [7, 11) is -1.13. The van der Waals surface area contributed by atoms with Crippen LogP contribution in [0.3, 0.4) is 0 Å². The average molecular weight is 528 g/mol. The van der Waals surface area contributed by atoms with E-state index in [2.05, 4.69) is 35.6 Å². The molecule has 36 heavy (non-hydrogen) atoms. The first-order valence-electron chi connectivity index (χ1n) is 11.9. The maximum absolute atomic E-state index is 15.5. The quantitative estimate of drug-likeness (QED) is 0.329.